The minimum atomic E-state index is -0.278. The van der Waals surface area contributed by atoms with Crippen molar-refractivity contribution in [3.8, 4) is 0 Å². The van der Waals surface area contributed by atoms with E-state index < -0.39 is 0 Å². The Bertz CT molecular complexity index is 155. The van der Waals surface area contributed by atoms with Crippen molar-refractivity contribution in [2.75, 3.05) is 26.3 Å². The minimum Gasteiger partial charge on any atom is -0.396 e. The molecule has 0 unspecified atom stereocenters. The van der Waals surface area contributed by atoms with Crippen LogP contribution in [-0.4, -0.2) is 46.3 Å². The van der Waals surface area contributed by atoms with Crippen molar-refractivity contribution < 1.29 is 10.2 Å². The van der Waals surface area contributed by atoms with Crippen LogP contribution in [0.4, 0.5) is 0 Å². The molecule has 1 rings (SSSR count). The maximum absolute atomic E-state index is 9.01. The molecule has 0 radical (unpaired) electrons. The summed E-state index contributed by atoms with van der Waals surface area (Å²) in [6.45, 7) is 5.60. The highest BCUT2D eigenvalue weighted by Crippen LogP contribution is 2.36. The van der Waals surface area contributed by atoms with E-state index in [9.17, 15) is 0 Å². The Morgan fingerprint density at radius 3 is 2.00 bits per heavy atom. The van der Waals surface area contributed by atoms with Crippen LogP contribution in [0.2, 0.25) is 0 Å². The van der Waals surface area contributed by atoms with Crippen LogP contribution in [0.1, 0.15) is 13.8 Å². The van der Waals surface area contributed by atoms with Crippen LogP contribution in [0.15, 0.2) is 0 Å². The standard InChI is InChI=1S/C8H17NO2S/c1-7(2,12)9-3-8(4-9,5-10)6-11/h10-12H,3-6H2,1-2H3. The lowest BCUT2D eigenvalue weighted by molar-refractivity contribution is -0.0943. The van der Waals surface area contributed by atoms with Gasteiger partial charge in [-0.1, -0.05) is 0 Å². The highest BCUT2D eigenvalue weighted by atomic mass is 32.1. The normalized spacial score (nSPS) is 23.8. The van der Waals surface area contributed by atoms with Crippen LogP contribution in [-0.2, 0) is 0 Å². The smallest absolute Gasteiger partial charge is 0.0583 e. The molecular formula is C8H17NO2S. The van der Waals surface area contributed by atoms with E-state index >= 15 is 0 Å². The summed E-state index contributed by atoms with van der Waals surface area (Å²) in [6.07, 6.45) is 0. The van der Waals surface area contributed by atoms with E-state index in [0.717, 1.165) is 13.1 Å². The van der Waals surface area contributed by atoms with Gasteiger partial charge in [0.05, 0.1) is 18.1 Å². The third kappa shape index (κ3) is 1.76. The second kappa shape index (κ2) is 3.18. The first-order valence-electron chi connectivity index (χ1n) is 4.13. The maximum Gasteiger partial charge on any atom is 0.0583 e. The summed E-state index contributed by atoms with van der Waals surface area (Å²) in [6, 6.07) is 0. The molecule has 0 spiro atoms. The minimum absolute atomic E-state index is 0.0594. The van der Waals surface area contributed by atoms with Crippen LogP contribution in [0.3, 0.4) is 0 Å². The molecule has 0 atom stereocenters. The number of nitrogens with zero attached hydrogens (tertiary/aromatic N) is 1. The molecule has 1 aliphatic heterocycles. The number of rotatable bonds is 3. The van der Waals surface area contributed by atoms with Gasteiger partial charge in [0.2, 0.25) is 0 Å². The van der Waals surface area contributed by atoms with Gasteiger partial charge in [0, 0.05) is 18.5 Å². The molecule has 72 valence electrons. The summed E-state index contributed by atoms with van der Waals surface area (Å²) in [4.78, 5) is 1.98. The topological polar surface area (TPSA) is 43.7 Å². The van der Waals surface area contributed by atoms with Crippen molar-refractivity contribution in [1.29, 1.82) is 0 Å². The average molecular weight is 191 g/mol. The van der Waals surface area contributed by atoms with Crippen molar-refractivity contribution in [2.24, 2.45) is 5.41 Å². The fraction of sp³-hybridized carbons (Fsp3) is 1.00. The third-order valence-electron chi connectivity index (χ3n) is 2.50. The van der Waals surface area contributed by atoms with Gasteiger partial charge in [-0.25, -0.2) is 0 Å². The zero-order chi connectivity index (χ0) is 9.41. The fourth-order valence-electron chi connectivity index (χ4n) is 1.40. The second-order valence-electron chi connectivity index (χ2n) is 4.17. The van der Waals surface area contributed by atoms with Gasteiger partial charge in [-0.15, -0.1) is 0 Å². The molecule has 4 heteroatoms. The third-order valence-corrected chi connectivity index (χ3v) is 2.78. The summed E-state index contributed by atoms with van der Waals surface area (Å²) < 4.78 is 0. The Morgan fingerprint density at radius 1 is 1.33 bits per heavy atom. The molecule has 1 heterocycles. The molecule has 1 aliphatic rings. The number of thiol groups is 1. The van der Waals surface area contributed by atoms with Crippen LogP contribution < -0.4 is 0 Å². The van der Waals surface area contributed by atoms with Crippen molar-refractivity contribution in [2.45, 2.75) is 18.7 Å². The summed E-state index contributed by atoms with van der Waals surface area (Å²) in [5, 5.41) is 18.0. The first kappa shape index (κ1) is 10.3. The van der Waals surface area contributed by atoms with Crippen molar-refractivity contribution in [3.63, 3.8) is 0 Å². The number of likely N-dealkylation sites (tertiary alicyclic amines) is 1. The van der Waals surface area contributed by atoms with E-state index in [1.807, 2.05) is 13.8 Å². The fourth-order valence-corrected chi connectivity index (χ4v) is 1.54. The van der Waals surface area contributed by atoms with Gasteiger partial charge in [-0.2, -0.15) is 12.6 Å². The SMILES string of the molecule is CC(C)(S)N1CC(CO)(CO)C1. The Balaban J connectivity index is 2.45. The number of aliphatic hydroxyl groups excluding tert-OH is 2. The molecule has 0 aromatic heterocycles. The van der Waals surface area contributed by atoms with Crippen LogP contribution in [0.25, 0.3) is 0 Å². The molecule has 12 heavy (non-hydrogen) atoms. The van der Waals surface area contributed by atoms with Crippen molar-refractivity contribution >= 4 is 12.6 Å². The second-order valence-corrected chi connectivity index (χ2v) is 5.26. The van der Waals surface area contributed by atoms with E-state index in [1.54, 1.807) is 0 Å². The van der Waals surface area contributed by atoms with Gasteiger partial charge in [-0.05, 0) is 13.8 Å². The molecule has 2 N–H and O–H groups in total. The molecule has 0 aromatic carbocycles. The van der Waals surface area contributed by atoms with E-state index in [4.69, 9.17) is 10.2 Å². The van der Waals surface area contributed by atoms with Gasteiger partial charge in [0.25, 0.3) is 0 Å². The number of hydrogen-bond acceptors (Lipinski definition) is 4. The Kier molecular flexibility index (Phi) is 2.73. The molecule has 1 fully saturated rings. The lowest BCUT2D eigenvalue weighted by Crippen LogP contribution is -2.64. The maximum atomic E-state index is 9.01. The quantitative estimate of drug-likeness (QED) is 0.548. The van der Waals surface area contributed by atoms with E-state index in [1.165, 1.54) is 0 Å². The summed E-state index contributed by atoms with van der Waals surface area (Å²) >= 11 is 4.40. The average Bonchev–Trinajstić information content (AvgIpc) is 1.85. The lowest BCUT2D eigenvalue weighted by atomic mass is 9.80. The predicted molar refractivity (Wildman–Crippen MR) is 51.2 cm³/mol. The molecular weight excluding hydrogens is 174 g/mol. The van der Waals surface area contributed by atoms with Crippen LogP contribution in [0, 0.1) is 5.41 Å². The Morgan fingerprint density at radius 2 is 1.75 bits per heavy atom. The molecule has 1 saturated heterocycles. The van der Waals surface area contributed by atoms with Crippen molar-refractivity contribution in [3.05, 3.63) is 0 Å². The van der Waals surface area contributed by atoms with Crippen LogP contribution >= 0.6 is 12.6 Å². The number of aliphatic hydroxyl groups is 2. The number of hydrogen-bond donors (Lipinski definition) is 3. The first-order chi connectivity index (χ1) is 5.43. The van der Waals surface area contributed by atoms with Gasteiger partial charge < -0.3 is 10.2 Å². The van der Waals surface area contributed by atoms with Crippen LogP contribution in [0.5, 0.6) is 0 Å². The zero-order valence-corrected chi connectivity index (χ0v) is 8.51. The largest absolute Gasteiger partial charge is 0.396 e. The predicted octanol–water partition coefficient (Wildman–Crippen LogP) is -0.0611. The van der Waals surface area contributed by atoms with E-state index in [0.29, 0.717) is 0 Å². The van der Waals surface area contributed by atoms with Gasteiger partial charge in [0.1, 0.15) is 0 Å². The van der Waals surface area contributed by atoms with E-state index in [2.05, 4.69) is 17.5 Å². The van der Waals surface area contributed by atoms with Crippen molar-refractivity contribution in [1.82, 2.24) is 4.90 Å². The highest BCUT2D eigenvalue weighted by molar-refractivity contribution is 7.81. The molecule has 0 aromatic rings. The molecule has 0 saturated carbocycles. The zero-order valence-electron chi connectivity index (χ0n) is 7.62. The van der Waals surface area contributed by atoms with Gasteiger partial charge in [-0.3, -0.25) is 4.90 Å². The first-order valence-corrected chi connectivity index (χ1v) is 4.57. The Labute approximate surface area is 78.8 Å². The summed E-state index contributed by atoms with van der Waals surface area (Å²) in [5.41, 5.74) is -0.278. The summed E-state index contributed by atoms with van der Waals surface area (Å²) in [7, 11) is 0. The monoisotopic (exact) mass is 191 g/mol. The van der Waals surface area contributed by atoms with Gasteiger partial charge >= 0.3 is 0 Å². The summed E-state index contributed by atoms with van der Waals surface area (Å²) in [5.74, 6) is 0. The molecule has 3 nitrogen and oxygen atoms in total. The highest BCUT2D eigenvalue weighted by Gasteiger charge is 2.46. The van der Waals surface area contributed by atoms with Gasteiger partial charge in [0.15, 0.2) is 0 Å². The molecule has 0 bridgehead atoms. The molecule has 0 amide bonds. The molecule has 0 aliphatic carbocycles. The van der Waals surface area contributed by atoms with E-state index in [-0.39, 0.29) is 23.5 Å². The Hall–Kier alpha value is 0.230. The lowest BCUT2D eigenvalue weighted by Gasteiger charge is -2.53.